The van der Waals surface area contributed by atoms with Crippen LogP contribution in [0.4, 0.5) is 5.69 Å². The molecule has 3 aliphatic heterocycles. The third-order valence-corrected chi connectivity index (χ3v) is 10.2. The van der Waals surface area contributed by atoms with Gasteiger partial charge in [0.2, 0.25) is 12.2 Å². The fourth-order valence-electron chi connectivity index (χ4n) is 7.35. The fraction of sp³-hybridized carbons (Fsp3) is 0.405. The van der Waals surface area contributed by atoms with Gasteiger partial charge in [0.05, 0.1) is 31.5 Å². The van der Waals surface area contributed by atoms with Crippen LogP contribution in [-0.2, 0) is 27.4 Å². The van der Waals surface area contributed by atoms with Crippen LogP contribution in [-0.4, -0.2) is 130 Å². The second kappa shape index (κ2) is 15.7. The lowest BCUT2D eigenvalue weighted by molar-refractivity contribution is -0.277. The van der Waals surface area contributed by atoms with Gasteiger partial charge in [0, 0.05) is 40.8 Å². The number of amides is 1. The summed E-state index contributed by atoms with van der Waals surface area (Å²) in [6, 6.07) is 12.2. The minimum atomic E-state index is -1.90. The van der Waals surface area contributed by atoms with Crippen molar-refractivity contribution >= 4 is 29.4 Å². The average molecular weight is 764 g/mol. The molecule has 7 rings (SSSR count). The molecule has 9 unspecified atom stereocenters. The molecule has 292 valence electrons. The van der Waals surface area contributed by atoms with Gasteiger partial charge in [-0.3, -0.25) is 30.8 Å². The molecule has 3 aromatic carbocycles. The highest BCUT2D eigenvalue weighted by molar-refractivity contribution is 6.29. The number of rotatable bonds is 12. The Kier molecular flexibility index (Phi) is 11.0. The first-order valence-electron chi connectivity index (χ1n) is 17.6. The lowest BCUT2D eigenvalue weighted by Crippen LogP contribution is -2.70. The molecule has 55 heavy (non-hydrogen) atoms. The van der Waals surface area contributed by atoms with Crippen molar-refractivity contribution in [3.05, 3.63) is 87.5 Å². The van der Waals surface area contributed by atoms with Crippen LogP contribution in [0.2, 0.25) is 0 Å². The van der Waals surface area contributed by atoms with Crippen LogP contribution in [0.25, 0.3) is 0 Å². The predicted octanol–water partition coefficient (Wildman–Crippen LogP) is -2.92. The van der Waals surface area contributed by atoms with E-state index >= 15 is 0 Å². The number of aliphatic hydroxyl groups is 6. The maximum Gasteiger partial charge on any atom is 0.242 e. The van der Waals surface area contributed by atoms with E-state index < -0.39 is 86.7 Å². The Morgan fingerprint density at radius 3 is 2.47 bits per heavy atom. The van der Waals surface area contributed by atoms with Crippen molar-refractivity contribution in [2.45, 2.75) is 74.8 Å². The van der Waals surface area contributed by atoms with Crippen LogP contribution in [0.3, 0.4) is 0 Å². The summed E-state index contributed by atoms with van der Waals surface area (Å²) in [6.07, 6.45) is -11.3. The number of ether oxygens (including phenoxy) is 3. The number of carbonyl (C=O) groups is 4. The highest BCUT2D eigenvalue weighted by atomic mass is 16.7. The van der Waals surface area contributed by atoms with Crippen molar-refractivity contribution in [2.24, 2.45) is 5.73 Å². The first kappa shape index (κ1) is 38.4. The largest absolute Gasteiger partial charge is 0.486 e. The zero-order chi connectivity index (χ0) is 39.1. The number of anilines is 1. The molecule has 18 heteroatoms. The molecular weight excluding hydrogens is 722 g/mol. The third kappa shape index (κ3) is 7.09. The minimum Gasteiger partial charge on any atom is -0.486 e. The SMILES string of the molecule is NC1NC(=O)C2NCN(c3ccccc3Cc3cc4c(c(OCC(O)CC=O)c3OC3OC(CO)C(O)C(O)C3O)C(=O)c3cc(CO)ccc3C4=O)C2N1. The van der Waals surface area contributed by atoms with Crippen molar-refractivity contribution in [3.8, 4) is 11.5 Å². The molecule has 3 heterocycles. The molecule has 3 fully saturated rings. The van der Waals surface area contributed by atoms with Crippen LogP contribution in [0.15, 0.2) is 48.5 Å². The maximum absolute atomic E-state index is 14.4. The minimum absolute atomic E-state index is 0.0439. The summed E-state index contributed by atoms with van der Waals surface area (Å²) in [5.41, 5.74) is 7.51. The van der Waals surface area contributed by atoms with E-state index in [0.717, 1.165) is 0 Å². The highest BCUT2D eigenvalue weighted by Gasteiger charge is 2.47. The molecule has 0 spiro atoms. The molecule has 0 saturated carbocycles. The van der Waals surface area contributed by atoms with Crippen LogP contribution in [0.5, 0.6) is 11.5 Å². The standard InChI is InChI=1S/C37H41N5O13/c38-37-40-34-26(35(52)41-37)39-15-42(34)23-4-2-1-3-17(23)10-18-11-22-25(28(48)21-9-16(12-44)5-6-20(21)27(22)47)33(53-14-19(46)7-8-43)32(18)55-36-31(51)30(50)29(49)24(13-45)54-36/h1-6,8-9,11,19,24,26,29-31,34,36-37,39-40,44-46,49-51H,7,10,12-15,38H2,(H,41,52). The Balaban J connectivity index is 1.39. The quantitative estimate of drug-likeness (QED) is 0.0647. The Labute approximate surface area is 313 Å². The number of benzene rings is 3. The first-order valence-corrected chi connectivity index (χ1v) is 17.6. The van der Waals surface area contributed by atoms with Crippen molar-refractivity contribution in [1.82, 2.24) is 16.0 Å². The van der Waals surface area contributed by atoms with Gasteiger partial charge in [0.1, 0.15) is 55.8 Å². The van der Waals surface area contributed by atoms with Gasteiger partial charge in [0.25, 0.3) is 0 Å². The number of hydrogen-bond acceptors (Lipinski definition) is 17. The summed E-state index contributed by atoms with van der Waals surface area (Å²) in [5.74, 6) is -2.18. The summed E-state index contributed by atoms with van der Waals surface area (Å²) in [6.45, 7) is -1.51. The van der Waals surface area contributed by atoms with E-state index in [0.29, 0.717) is 23.1 Å². The summed E-state index contributed by atoms with van der Waals surface area (Å²) in [4.78, 5) is 54.5. The molecule has 0 radical (unpaired) electrons. The van der Waals surface area contributed by atoms with E-state index in [1.807, 2.05) is 11.0 Å². The lowest BCUT2D eigenvalue weighted by atomic mass is 9.81. The van der Waals surface area contributed by atoms with Gasteiger partial charge in [-0.05, 0) is 35.4 Å². The number of hydrogen-bond donors (Lipinski definition) is 10. The molecule has 1 amide bonds. The van der Waals surface area contributed by atoms with Gasteiger partial charge in [-0.15, -0.1) is 0 Å². The maximum atomic E-state index is 14.4. The van der Waals surface area contributed by atoms with E-state index in [9.17, 15) is 49.8 Å². The first-order chi connectivity index (χ1) is 26.4. The summed E-state index contributed by atoms with van der Waals surface area (Å²) in [7, 11) is 0. The monoisotopic (exact) mass is 763 g/mol. The van der Waals surface area contributed by atoms with Gasteiger partial charge in [0.15, 0.2) is 23.1 Å². The number of ketones is 2. The van der Waals surface area contributed by atoms with Gasteiger partial charge in [-0.2, -0.15) is 0 Å². The van der Waals surface area contributed by atoms with Crippen molar-refractivity contribution in [3.63, 3.8) is 0 Å². The second-order valence-electron chi connectivity index (χ2n) is 13.7. The summed E-state index contributed by atoms with van der Waals surface area (Å²) in [5, 5.41) is 71.4. The van der Waals surface area contributed by atoms with Crippen LogP contribution in [0, 0.1) is 0 Å². The Morgan fingerprint density at radius 1 is 0.945 bits per heavy atom. The Bertz CT molecular complexity index is 1990. The summed E-state index contributed by atoms with van der Waals surface area (Å²) < 4.78 is 18.0. The molecule has 3 aromatic rings. The molecule has 18 nitrogen and oxygen atoms in total. The van der Waals surface area contributed by atoms with E-state index in [-0.39, 0.29) is 64.7 Å². The number of fused-ring (bicyclic) bond motifs is 3. The van der Waals surface area contributed by atoms with E-state index in [1.54, 1.807) is 18.2 Å². The van der Waals surface area contributed by atoms with Crippen LogP contribution in [0.1, 0.15) is 55.0 Å². The van der Waals surface area contributed by atoms with Crippen LogP contribution < -0.4 is 36.1 Å². The predicted molar refractivity (Wildman–Crippen MR) is 189 cm³/mol. The Morgan fingerprint density at radius 2 is 1.73 bits per heavy atom. The lowest BCUT2D eigenvalue weighted by Gasteiger charge is -2.40. The average Bonchev–Trinajstić information content (AvgIpc) is 3.60. The second-order valence-corrected chi connectivity index (χ2v) is 13.7. The van der Waals surface area contributed by atoms with Gasteiger partial charge >= 0.3 is 0 Å². The van der Waals surface area contributed by atoms with Crippen LogP contribution >= 0.6 is 0 Å². The molecule has 11 N–H and O–H groups in total. The van der Waals surface area contributed by atoms with Gasteiger partial charge in [-0.25, -0.2) is 0 Å². The number of para-hydroxylation sites is 1. The van der Waals surface area contributed by atoms with E-state index in [4.69, 9.17) is 19.9 Å². The molecule has 3 saturated heterocycles. The Hall–Kier alpha value is -4.86. The normalized spacial score (nSPS) is 27.8. The number of nitrogens with two attached hydrogens (primary N) is 1. The van der Waals surface area contributed by atoms with Crippen molar-refractivity contribution < 1.29 is 64.0 Å². The number of aliphatic hydroxyl groups excluding tert-OH is 6. The zero-order valence-corrected chi connectivity index (χ0v) is 29.2. The molecule has 9 atom stereocenters. The number of nitrogens with zero attached hydrogens (tertiary/aromatic N) is 1. The molecule has 0 bridgehead atoms. The number of carbonyl (C=O) groups excluding carboxylic acids is 4. The summed E-state index contributed by atoms with van der Waals surface area (Å²) >= 11 is 0. The highest BCUT2D eigenvalue weighted by Crippen LogP contribution is 2.45. The van der Waals surface area contributed by atoms with Crippen molar-refractivity contribution in [2.75, 3.05) is 24.8 Å². The molecular formula is C37H41N5O13. The van der Waals surface area contributed by atoms with E-state index in [2.05, 4.69) is 16.0 Å². The third-order valence-electron chi connectivity index (χ3n) is 10.2. The zero-order valence-electron chi connectivity index (χ0n) is 29.2. The van der Waals surface area contributed by atoms with E-state index in [1.165, 1.54) is 24.3 Å². The van der Waals surface area contributed by atoms with Gasteiger partial charge in [-0.1, -0.05) is 24.3 Å². The number of aldehydes is 1. The molecule has 4 aliphatic rings. The number of nitrogens with one attached hydrogen (secondary N) is 3. The van der Waals surface area contributed by atoms with Crippen molar-refractivity contribution in [1.29, 1.82) is 0 Å². The smallest absolute Gasteiger partial charge is 0.242 e. The molecule has 0 aromatic heterocycles. The van der Waals surface area contributed by atoms with Gasteiger partial charge < -0.3 is 59.9 Å². The molecule has 1 aliphatic carbocycles. The topological polar surface area (TPSA) is 283 Å². The fourth-order valence-corrected chi connectivity index (χ4v) is 7.35.